The van der Waals surface area contributed by atoms with Gasteiger partial charge in [-0.15, -0.1) is 0 Å². The highest BCUT2D eigenvalue weighted by Gasteiger charge is 2.16. The Bertz CT molecular complexity index is 353. The maximum absolute atomic E-state index is 12.0. The number of nitrogens with two attached hydrogens (primary N) is 1. The highest BCUT2D eigenvalue weighted by atomic mass is 16.2. The second kappa shape index (κ2) is 5.16. The molecule has 0 saturated carbocycles. The molecular weight excluding hydrogens is 202 g/mol. The molecule has 0 bridgehead atoms. The standard InChI is InChI=1S/C12H19N3O/c13-9-11-5-4-8-15(11)10-12(16)14-6-2-1-3-7-14/h4-5,8H,1-3,6-7,9-10,13H2. The first-order chi connectivity index (χ1) is 7.81. The van der Waals surface area contributed by atoms with E-state index in [2.05, 4.69) is 0 Å². The lowest BCUT2D eigenvalue weighted by Gasteiger charge is -2.27. The molecule has 2 rings (SSSR count). The van der Waals surface area contributed by atoms with Gasteiger partial charge < -0.3 is 15.2 Å². The van der Waals surface area contributed by atoms with Crippen LogP contribution in [0.3, 0.4) is 0 Å². The molecule has 0 radical (unpaired) electrons. The maximum Gasteiger partial charge on any atom is 0.242 e. The molecule has 88 valence electrons. The summed E-state index contributed by atoms with van der Waals surface area (Å²) in [7, 11) is 0. The summed E-state index contributed by atoms with van der Waals surface area (Å²) in [5, 5.41) is 0. The fourth-order valence-corrected chi connectivity index (χ4v) is 2.18. The Hall–Kier alpha value is -1.29. The Morgan fingerprint density at radius 2 is 2.06 bits per heavy atom. The summed E-state index contributed by atoms with van der Waals surface area (Å²) in [5.74, 6) is 0.214. The van der Waals surface area contributed by atoms with E-state index in [0.29, 0.717) is 13.1 Å². The summed E-state index contributed by atoms with van der Waals surface area (Å²) in [5.41, 5.74) is 6.62. The number of carbonyl (C=O) groups excluding carboxylic acids is 1. The Labute approximate surface area is 96.0 Å². The minimum Gasteiger partial charge on any atom is -0.341 e. The average molecular weight is 221 g/mol. The Balaban J connectivity index is 1.95. The van der Waals surface area contributed by atoms with Crippen LogP contribution >= 0.6 is 0 Å². The van der Waals surface area contributed by atoms with E-state index in [0.717, 1.165) is 31.6 Å². The van der Waals surface area contributed by atoms with Crippen molar-refractivity contribution in [2.24, 2.45) is 5.73 Å². The molecule has 0 aliphatic carbocycles. The van der Waals surface area contributed by atoms with Gasteiger partial charge in [-0.2, -0.15) is 0 Å². The average Bonchev–Trinajstić information content (AvgIpc) is 2.77. The van der Waals surface area contributed by atoms with Crippen LogP contribution in [0.15, 0.2) is 18.3 Å². The zero-order chi connectivity index (χ0) is 11.4. The van der Waals surface area contributed by atoms with Crippen LogP contribution in [0.25, 0.3) is 0 Å². The van der Waals surface area contributed by atoms with Gasteiger partial charge in [0.1, 0.15) is 6.54 Å². The second-order valence-corrected chi connectivity index (χ2v) is 4.27. The Morgan fingerprint density at radius 1 is 1.31 bits per heavy atom. The van der Waals surface area contributed by atoms with Crippen LogP contribution in [0.5, 0.6) is 0 Å². The van der Waals surface area contributed by atoms with Crippen molar-refractivity contribution in [3.63, 3.8) is 0 Å². The summed E-state index contributed by atoms with van der Waals surface area (Å²) in [6, 6.07) is 3.90. The first-order valence-corrected chi connectivity index (χ1v) is 5.93. The van der Waals surface area contributed by atoms with Gasteiger partial charge in [0.15, 0.2) is 0 Å². The quantitative estimate of drug-likeness (QED) is 0.826. The molecule has 4 heteroatoms. The van der Waals surface area contributed by atoms with Crippen molar-refractivity contribution in [3.05, 3.63) is 24.0 Å². The number of nitrogens with zero attached hydrogens (tertiary/aromatic N) is 2. The molecule has 1 aromatic heterocycles. The molecule has 4 nitrogen and oxygen atoms in total. The van der Waals surface area contributed by atoms with Gasteiger partial charge in [-0.05, 0) is 31.4 Å². The third-order valence-electron chi connectivity index (χ3n) is 3.15. The first kappa shape index (κ1) is 11.2. The minimum absolute atomic E-state index is 0.214. The van der Waals surface area contributed by atoms with Crippen LogP contribution in [-0.4, -0.2) is 28.5 Å². The number of hydrogen-bond donors (Lipinski definition) is 1. The molecule has 0 atom stereocenters. The number of aromatic nitrogens is 1. The van der Waals surface area contributed by atoms with Crippen molar-refractivity contribution < 1.29 is 4.79 Å². The summed E-state index contributed by atoms with van der Waals surface area (Å²) >= 11 is 0. The highest BCUT2D eigenvalue weighted by Crippen LogP contribution is 2.10. The van der Waals surface area contributed by atoms with Crippen molar-refractivity contribution in [1.82, 2.24) is 9.47 Å². The Kier molecular flexibility index (Phi) is 3.62. The second-order valence-electron chi connectivity index (χ2n) is 4.27. The van der Waals surface area contributed by atoms with Crippen molar-refractivity contribution in [3.8, 4) is 0 Å². The van der Waals surface area contributed by atoms with Gasteiger partial charge in [-0.3, -0.25) is 4.79 Å². The molecule has 16 heavy (non-hydrogen) atoms. The van der Waals surface area contributed by atoms with Gasteiger partial charge in [0.2, 0.25) is 5.91 Å². The lowest BCUT2D eigenvalue weighted by molar-refractivity contribution is -0.132. The molecular formula is C12H19N3O. The van der Waals surface area contributed by atoms with Crippen LogP contribution in [0.2, 0.25) is 0 Å². The monoisotopic (exact) mass is 221 g/mol. The molecule has 0 unspecified atom stereocenters. The summed E-state index contributed by atoms with van der Waals surface area (Å²) in [4.78, 5) is 14.0. The number of piperidine rings is 1. The van der Waals surface area contributed by atoms with Crippen molar-refractivity contribution in [2.45, 2.75) is 32.4 Å². The third kappa shape index (κ3) is 2.44. The van der Waals surface area contributed by atoms with Gasteiger partial charge in [0, 0.05) is 31.5 Å². The molecule has 0 spiro atoms. The van der Waals surface area contributed by atoms with Crippen LogP contribution < -0.4 is 5.73 Å². The van der Waals surface area contributed by atoms with Gasteiger partial charge in [0.25, 0.3) is 0 Å². The molecule has 1 amide bonds. The molecule has 1 aromatic rings. The summed E-state index contributed by atoms with van der Waals surface area (Å²) in [6.07, 6.45) is 5.45. The molecule has 0 aromatic carbocycles. The third-order valence-corrected chi connectivity index (χ3v) is 3.15. The van der Waals surface area contributed by atoms with Crippen molar-refractivity contribution in [2.75, 3.05) is 13.1 Å². The zero-order valence-corrected chi connectivity index (χ0v) is 9.56. The number of carbonyl (C=O) groups is 1. The van der Waals surface area contributed by atoms with E-state index in [1.807, 2.05) is 27.8 Å². The minimum atomic E-state index is 0.214. The maximum atomic E-state index is 12.0. The summed E-state index contributed by atoms with van der Waals surface area (Å²) < 4.78 is 1.94. The smallest absolute Gasteiger partial charge is 0.242 e. The predicted octanol–water partition coefficient (Wildman–Crippen LogP) is 0.959. The van der Waals surface area contributed by atoms with Crippen LogP contribution in [0, 0.1) is 0 Å². The van der Waals surface area contributed by atoms with Gasteiger partial charge >= 0.3 is 0 Å². The van der Waals surface area contributed by atoms with E-state index in [4.69, 9.17) is 5.73 Å². The number of hydrogen-bond acceptors (Lipinski definition) is 2. The number of rotatable bonds is 3. The fourth-order valence-electron chi connectivity index (χ4n) is 2.18. The van der Waals surface area contributed by atoms with E-state index >= 15 is 0 Å². The van der Waals surface area contributed by atoms with Gasteiger partial charge in [-0.1, -0.05) is 0 Å². The van der Waals surface area contributed by atoms with Gasteiger partial charge in [-0.25, -0.2) is 0 Å². The molecule has 2 N–H and O–H groups in total. The van der Waals surface area contributed by atoms with E-state index in [-0.39, 0.29) is 5.91 Å². The molecule has 1 aliphatic rings. The van der Waals surface area contributed by atoms with E-state index in [1.54, 1.807) is 0 Å². The van der Waals surface area contributed by atoms with E-state index in [1.165, 1.54) is 6.42 Å². The normalized spacial score (nSPS) is 16.4. The Morgan fingerprint density at radius 3 is 2.75 bits per heavy atom. The first-order valence-electron chi connectivity index (χ1n) is 5.93. The molecule has 1 fully saturated rings. The number of likely N-dealkylation sites (tertiary alicyclic amines) is 1. The summed E-state index contributed by atoms with van der Waals surface area (Å²) in [6.45, 7) is 2.75. The van der Waals surface area contributed by atoms with Crippen molar-refractivity contribution in [1.29, 1.82) is 0 Å². The largest absolute Gasteiger partial charge is 0.341 e. The van der Waals surface area contributed by atoms with Crippen molar-refractivity contribution >= 4 is 5.91 Å². The zero-order valence-electron chi connectivity index (χ0n) is 9.56. The highest BCUT2D eigenvalue weighted by molar-refractivity contribution is 5.76. The fraction of sp³-hybridized carbons (Fsp3) is 0.583. The van der Waals surface area contributed by atoms with Gasteiger partial charge in [0.05, 0.1) is 0 Å². The van der Waals surface area contributed by atoms with E-state index in [9.17, 15) is 4.79 Å². The number of amides is 1. The predicted molar refractivity (Wildman–Crippen MR) is 62.8 cm³/mol. The van der Waals surface area contributed by atoms with Crippen LogP contribution in [-0.2, 0) is 17.9 Å². The SMILES string of the molecule is NCc1cccn1CC(=O)N1CCCCC1. The molecule has 1 aliphatic heterocycles. The van der Waals surface area contributed by atoms with E-state index < -0.39 is 0 Å². The lowest BCUT2D eigenvalue weighted by Crippen LogP contribution is -2.38. The van der Waals surface area contributed by atoms with Crippen LogP contribution in [0.1, 0.15) is 25.0 Å². The molecule has 1 saturated heterocycles. The topological polar surface area (TPSA) is 51.3 Å². The lowest BCUT2D eigenvalue weighted by atomic mass is 10.1. The molecule has 2 heterocycles. The van der Waals surface area contributed by atoms with Crippen LogP contribution in [0.4, 0.5) is 0 Å².